The minimum absolute atomic E-state index is 0.297. The van der Waals surface area contributed by atoms with E-state index in [1.807, 2.05) is 30.3 Å². The molecular weight excluding hydrogens is 410 g/mol. The molecule has 182 valence electrons. The van der Waals surface area contributed by atoms with Crippen LogP contribution in [-0.4, -0.2) is 24.2 Å². The summed E-state index contributed by atoms with van der Waals surface area (Å²) < 4.78 is 11.3. The van der Waals surface area contributed by atoms with Crippen molar-refractivity contribution in [2.24, 2.45) is 5.92 Å². The highest BCUT2D eigenvalue weighted by Gasteiger charge is 2.09. The Morgan fingerprint density at radius 3 is 2.21 bits per heavy atom. The van der Waals surface area contributed by atoms with Crippen molar-refractivity contribution < 1.29 is 14.3 Å². The van der Waals surface area contributed by atoms with Crippen LogP contribution in [0.25, 0.3) is 11.3 Å². The SMILES string of the molecule is CCCCCCCCOc1ccc(-c2ccc(C(=O)OCCCC(C)CCCC)cn2)cc1. The number of nitrogens with zero attached hydrogens (tertiary/aromatic N) is 1. The summed E-state index contributed by atoms with van der Waals surface area (Å²) in [5.41, 5.74) is 2.33. The molecule has 0 saturated carbocycles. The molecule has 2 rings (SSSR count). The molecule has 1 aromatic heterocycles. The Bertz CT molecular complexity index is 770. The zero-order valence-corrected chi connectivity index (χ0v) is 21.0. The fourth-order valence-corrected chi connectivity index (χ4v) is 3.86. The van der Waals surface area contributed by atoms with Crippen LogP contribution in [0.3, 0.4) is 0 Å². The van der Waals surface area contributed by atoms with Gasteiger partial charge < -0.3 is 9.47 Å². The van der Waals surface area contributed by atoms with Crippen molar-refractivity contribution in [3.05, 3.63) is 48.2 Å². The number of hydrogen-bond donors (Lipinski definition) is 0. The van der Waals surface area contributed by atoms with Crippen molar-refractivity contribution in [3.63, 3.8) is 0 Å². The average Bonchev–Trinajstić information content (AvgIpc) is 2.85. The number of unbranched alkanes of at least 4 members (excludes halogenated alkanes) is 6. The number of rotatable bonds is 17. The van der Waals surface area contributed by atoms with Gasteiger partial charge in [0.25, 0.3) is 0 Å². The van der Waals surface area contributed by atoms with Crippen LogP contribution in [0.5, 0.6) is 5.75 Å². The first-order valence-corrected chi connectivity index (χ1v) is 13.0. The molecule has 0 spiro atoms. The maximum Gasteiger partial charge on any atom is 0.339 e. The second-order valence-corrected chi connectivity index (χ2v) is 9.10. The van der Waals surface area contributed by atoms with Gasteiger partial charge in [-0.2, -0.15) is 0 Å². The predicted molar refractivity (Wildman–Crippen MR) is 137 cm³/mol. The predicted octanol–water partition coefficient (Wildman–Crippen LogP) is 8.25. The molecule has 1 aromatic carbocycles. The third kappa shape index (κ3) is 10.9. The fourth-order valence-electron chi connectivity index (χ4n) is 3.86. The minimum atomic E-state index is -0.297. The smallest absolute Gasteiger partial charge is 0.339 e. The monoisotopic (exact) mass is 453 g/mol. The molecule has 1 heterocycles. The van der Waals surface area contributed by atoms with E-state index in [4.69, 9.17) is 9.47 Å². The highest BCUT2D eigenvalue weighted by atomic mass is 16.5. The van der Waals surface area contributed by atoms with E-state index in [9.17, 15) is 4.79 Å². The van der Waals surface area contributed by atoms with Gasteiger partial charge in [-0.25, -0.2) is 4.79 Å². The van der Waals surface area contributed by atoms with Crippen LogP contribution < -0.4 is 4.74 Å². The summed E-state index contributed by atoms with van der Waals surface area (Å²) >= 11 is 0. The second-order valence-electron chi connectivity index (χ2n) is 9.10. The summed E-state index contributed by atoms with van der Waals surface area (Å²) in [6, 6.07) is 11.6. The molecule has 0 aliphatic carbocycles. The van der Waals surface area contributed by atoms with Crippen molar-refractivity contribution in [2.45, 2.75) is 91.4 Å². The highest BCUT2D eigenvalue weighted by Crippen LogP contribution is 2.21. The van der Waals surface area contributed by atoms with Crippen molar-refractivity contribution >= 4 is 5.97 Å². The van der Waals surface area contributed by atoms with Gasteiger partial charge in [-0.15, -0.1) is 0 Å². The lowest BCUT2D eigenvalue weighted by Crippen LogP contribution is -2.08. The van der Waals surface area contributed by atoms with Crippen LogP contribution in [0.1, 0.15) is 102 Å². The molecule has 0 saturated heterocycles. The van der Waals surface area contributed by atoms with Crippen molar-refractivity contribution in [3.8, 4) is 17.0 Å². The summed E-state index contributed by atoms with van der Waals surface area (Å²) in [6.07, 6.45) is 14.9. The van der Waals surface area contributed by atoms with E-state index >= 15 is 0 Å². The second kappa shape index (κ2) is 16.3. The van der Waals surface area contributed by atoms with Crippen LogP contribution in [0.2, 0.25) is 0 Å². The number of pyridine rings is 1. The van der Waals surface area contributed by atoms with E-state index in [1.54, 1.807) is 12.3 Å². The Balaban J connectivity index is 1.71. The van der Waals surface area contributed by atoms with E-state index in [0.29, 0.717) is 18.1 Å². The molecule has 33 heavy (non-hydrogen) atoms. The number of carbonyl (C=O) groups excluding carboxylic acids is 1. The van der Waals surface area contributed by atoms with Gasteiger partial charge in [0, 0.05) is 11.8 Å². The van der Waals surface area contributed by atoms with E-state index in [1.165, 1.54) is 51.4 Å². The summed E-state index contributed by atoms with van der Waals surface area (Å²) in [6.45, 7) is 7.96. The van der Waals surface area contributed by atoms with Gasteiger partial charge in [0.1, 0.15) is 5.75 Å². The molecule has 0 amide bonds. The van der Waals surface area contributed by atoms with Crippen molar-refractivity contribution in [1.82, 2.24) is 4.98 Å². The normalized spacial score (nSPS) is 11.8. The molecule has 0 bridgehead atoms. The van der Waals surface area contributed by atoms with E-state index in [2.05, 4.69) is 25.8 Å². The molecule has 1 unspecified atom stereocenters. The average molecular weight is 454 g/mol. The first-order chi connectivity index (χ1) is 16.1. The lowest BCUT2D eigenvalue weighted by atomic mass is 9.99. The summed E-state index contributed by atoms with van der Waals surface area (Å²) in [5, 5.41) is 0. The molecule has 2 aromatic rings. The minimum Gasteiger partial charge on any atom is -0.494 e. The Morgan fingerprint density at radius 2 is 1.52 bits per heavy atom. The zero-order valence-electron chi connectivity index (χ0n) is 21.0. The maximum absolute atomic E-state index is 12.3. The van der Waals surface area contributed by atoms with Crippen molar-refractivity contribution in [1.29, 1.82) is 0 Å². The van der Waals surface area contributed by atoms with E-state index in [-0.39, 0.29) is 5.97 Å². The molecule has 0 aliphatic heterocycles. The first kappa shape index (κ1) is 26.9. The number of ether oxygens (including phenoxy) is 2. The summed E-state index contributed by atoms with van der Waals surface area (Å²) in [4.78, 5) is 16.7. The number of benzene rings is 1. The van der Waals surface area contributed by atoms with Gasteiger partial charge in [0.2, 0.25) is 0 Å². The summed E-state index contributed by atoms with van der Waals surface area (Å²) in [5.74, 6) is 1.28. The number of esters is 1. The standard InChI is InChI=1S/C29H43NO3/c1-4-6-8-9-10-11-21-32-27-18-15-25(16-19-27)28-20-17-26(23-30-28)29(31)33-22-12-14-24(3)13-7-5-2/h15-20,23-24H,4-14,21-22H2,1-3H3. The number of aromatic nitrogens is 1. The van der Waals surface area contributed by atoms with Gasteiger partial charge in [0.15, 0.2) is 0 Å². The van der Waals surface area contributed by atoms with Gasteiger partial charge in [-0.05, 0) is 61.6 Å². The Labute approximate surface area is 201 Å². The molecule has 0 radical (unpaired) electrons. The van der Waals surface area contributed by atoms with E-state index < -0.39 is 0 Å². The first-order valence-electron chi connectivity index (χ1n) is 13.0. The largest absolute Gasteiger partial charge is 0.494 e. The molecule has 0 N–H and O–H groups in total. The number of carbonyl (C=O) groups is 1. The van der Waals surface area contributed by atoms with Crippen LogP contribution in [0.15, 0.2) is 42.6 Å². The third-order valence-corrected chi connectivity index (χ3v) is 6.04. The Hall–Kier alpha value is -2.36. The van der Waals surface area contributed by atoms with Gasteiger partial charge >= 0.3 is 5.97 Å². The van der Waals surface area contributed by atoms with Crippen LogP contribution in [0, 0.1) is 5.92 Å². The molecule has 0 aliphatic rings. The Kier molecular flexibility index (Phi) is 13.3. The van der Waals surface area contributed by atoms with Crippen LogP contribution in [0.4, 0.5) is 0 Å². The topological polar surface area (TPSA) is 48.4 Å². The molecule has 4 heteroatoms. The van der Waals surface area contributed by atoms with Crippen LogP contribution in [-0.2, 0) is 4.74 Å². The lowest BCUT2D eigenvalue weighted by Gasteiger charge is -2.11. The van der Waals surface area contributed by atoms with E-state index in [0.717, 1.165) is 42.9 Å². The fraction of sp³-hybridized carbons (Fsp3) is 0.586. The van der Waals surface area contributed by atoms with Crippen LogP contribution >= 0.6 is 0 Å². The van der Waals surface area contributed by atoms with Gasteiger partial charge in [-0.3, -0.25) is 4.98 Å². The molecule has 4 nitrogen and oxygen atoms in total. The highest BCUT2D eigenvalue weighted by molar-refractivity contribution is 5.89. The number of hydrogen-bond acceptors (Lipinski definition) is 4. The molecular formula is C29H43NO3. The maximum atomic E-state index is 12.3. The lowest BCUT2D eigenvalue weighted by molar-refractivity contribution is 0.0493. The third-order valence-electron chi connectivity index (χ3n) is 6.04. The quantitative estimate of drug-likeness (QED) is 0.179. The van der Waals surface area contributed by atoms with Gasteiger partial charge in [-0.1, -0.05) is 72.1 Å². The molecule has 0 fully saturated rings. The van der Waals surface area contributed by atoms with Gasteiger partial charge in [0.05, 0.1) is 24.5 Å². The van der Waals surface area contributed by atoms with Crippen molar-refractivity contribution in [2.75, 3.05) is 13.2 Å². The molecule has 1 atom stereocenters. The summed E-state index contributed by atoms with van der Waals surface area (Å²) in [7, 11) is 0. The zero-order chi connectivity index (χ0) is 23.7. The Morgan fingerprint density at radius 1 is 0.818 bits per heavy atom.